The number of hydrogen-bond donors (Lipinski definition) is 2. The molecule has 0 spiro atoms. The van der Waals surface area contributed by atoms with E-state index in [4.69, 9.17) is 5.73 Å². The number of nitrogens with zero attached hydrogens (tertiary/aromatic N) is 4. The van der Waals surface area contributed by atoms with Gasteiger partial charge in [-0.1, -0.05) is 0 Å². The Morgan fingerprint density at radius 1 is 1.57 bits per heavy atom. The van der Waals surface area contributed by atoms with Crippen molar-refractivity contribution < 1.29 is 9.18 Å². The summed E-state index contributed by atoms with van der Waals surface area (Å²) in [6, 6.07) is 2.83. The molecule has 0 saturated heterocycles. The number of carbonyl (C=O) groups is 1. The maximum absolute atomic E-state index is 12.8. The van der Waals surface area contributed by atoms with Crippen LogP contribution in [-0.4, -0.2) is 26.1 Å². The van der Waals surface area contributed by atoms with Gasteiger partial charge >= 0.3 is 0 Å². The number of amides is 1. The molecule has 8 heteroatoms. The van der Waals surface area contributed by atoms with Crippen molar-refractivity contribution in [1.29, 1.82) is 0 Å². The number of rotatable bonds is 5. The molecule has 110 valence electrons. The molecule has 2 rings (SSSR count). The molecule has 0 unspecified atom stereocenters. The van der Waals surface area contributed by atoms with Gasteiger partial charge in [0.2, 0.25) is 5.95 Å². The highest BCUT2D eigenvalue weighted by Gasteiger charge is 2.03. The van der Waals surface area contributed by atoms with E-state index in [1.165, 1.54) is 24.5 Å². The predicted molar refractivity (Wildman–Crippen MR) is 77.0 cm³/mol. The molecule has 2 heterocycles. The molecule has 0 aliphatic heterocycles. The summed E-state index contributed by atoms with van der Waals surface area (Å²) in [4.78, 5) is 18.8. The fourth-order valence-corrected chi connectivity index (χ4v) is 1.53. The SMILES string of the molecule is Cn1ccn1CC(=O)N=C(N)/C=C\Nc1ccnc(F)c1. The normalized spacial score (nSPS) is 12.0. The van der Waals surface area contributed by atoms with E-state index in [2.05, 4.69) is 15.3 Å². The van der Waals surface area contributed by atoms with E-state index in [0.29, 0.717) is 5.69 Å². The molecule has 21 heavy (non-hydrogen) atoms. The first kappa shape index (κ1) is 14.5. The highest BCUT2D eigenvalue weighted by Crippen LogP contribution is 2.06. The van der Waals surface area contributed by atoms with Crippen LogP contribution in [0.4, 0.5) is 10.1 Å². The van der Waals surface area contributed by atoms with E-state index < -0.39 is 5.95 Å². The third-order valence-corrected chi connectivity index (χ3v) is 2.64. The molecular formula is C13H15FN6O. The van der Waals surface area contributed by atoms with Crippen LogP contribution in [0.2, 0.25) is 0 Å². The van der Waals surface area contributed by atoms with Gasteiger partial charge in [0.1, 0.15) is 12.4 Å². The second-order valence-corrected chi connectivity index (χ2v) is 4.24. The molecule has 0 atom stereocenters. The first-order valence-electron chi connectivity index (χ1n) is 6.14. The molecule has 0 bridgehead atoms. The first-order chi connectivity index (χ1) is 10.0. The van der Waals surface area contributed by atoms with Crippen molar-refractivity contribution in [3.8, 4) is 0 Å². The lowest BCUT2D eigenvalue weighted by Crippen LogP contribution is -2.22. The van der Waals surface area contributed by atoms with E-state index in [1.54, 1.807) is 21.6 Å². The van der Waals surface area contributed by atoms with Crippen molar-refractivity contribution in [1.82, 2.24) is 14.3 Å². The van der Waals surface area contributed by atoms with Gasteiger partial charge in [-0.05, 0) is 12.1 Å². The van der Waals surface area contributed by atoms with Crippen LogP contribution in [0.25, 0.3) is 0 Å². The lowest BCUT2D eigenvalue weighted by Gasteiger charge is -2.14. The van der Waals surface area contributed by atoms with Gasteiger partial charge in [-0.3, -0.25) is 14.2 Å². The third-order valence-electron chi connectivity index (χ3n) is 2.64. The minimum absolute atomic E-state index is 0.0641. The lowest BCUT2D eigenvalue weighted by molar-refractivity contribution is -0.118. The zero-order chi connectivity index (χ0) is 15.2. The maximum Gasteiger partial charge on any atom is 0.269 e. The Morgan fingerprint density at radius 3 is 3.00 bits per heavy atom. The van der Waals surface area contributed by atoms with Gasteiger partial charge in [-0.15, -0.1) is 0 Å². The van der Waals surface area contributed by atoms with E-state index in [9.17, 15) is 9.18 Å². The summed E-state index contributed by atoms with van der Waals surface area (Å²) in [7, 11) is 1.82. The standard InChI is InChI=1S/C13H15FN6O/c1-19-6-7-20(19)9-13(21)18-12(15)3-5-16-10-2-4-17-11(14)8-10/h2-8H,9H2,1H3,(H,16,17)(H2,15,18,21)/b5-3-. The van der Waals surface area contributed by atoms with E-state index >= 15 is 0 Å². The van der Waals surface area contributed by atoms with Gasteiger partial charge in [0.25, 0.3) is 5.91 Å². The number of amidine groups is 1. The average Bonchev–Trinajstić information content (AvgIpc) is 2.43. The van der Waals surface area contributed by atoms with Gasteiger partial charge in [-0.25, -0.2) is 4.98 Å². The highest BCUT2D eigenvalue weighted by molar-refractivity contribution is 6.00. The van der Waals surface area contributed by atoms with E-state index in [-0.39, 0.29) is 18.3 Å². The molecule has 0 aromatic carbocycles. The van der Waals surface area contributed by atoms with Crippen LogP contribution in [-0.2, 0) is 18.4 Å². The molecule has 7 nitrogen and oxygen atoms in total. The summed E-state index contributed by atoms with van der Waals surface area (Å²) in [5, 5.41) is 2.80. The van der Waals surface area contributed by atoms with Crippen LogP contribution in [0.15, 0.2) is 48.0 Å². The van der Waals surface area contributed by atoms with Crippen molar-refractivity contribution in [3.63, 3.8) is 0 Å². The number of carbonyl (C=O) groups excluding carboxylic acids is 1. The number of aryl methyl sites for hydroxylation is 1. The fourth-order valence-electron chi connectivity index (χ4n) is 1.53. The van der Waals surface area contributed by atoms with E-state index in [0.717, 1.165) is 0 Å². The second-order valence-electron chi connectivity index (χ2n) is 4.24. The maximum atomic E-state index is 12.8. The Kier molecular flexibility index (Phi) is 4.50. The molecule has 0 radical (unpaired) electrons. The minimum Gasteiger partial charge on any atom is -0.384 e. The van der Waals surface area contributed by atoms with Gasteiger partial charge in [0.05, 0.1) is 0 Å². The first-order valence-corrected chi connectivity index (χ1v) is 6.14. The molecule has 3 N–H and O–H groups in total. The van der Waals surface area contributed by atoms with Crippen LogP contribution in [0, 0.1) is 5.95 Å². The van der Waals surface area contributed by atoms with Crippen LogP contribution in [0.3, 0.4) is 0 Å². The number of aromatic nitrogens is 3. The summed E-state index contributed by atoms with van der Waals surface area (Å²) < 4.78 is 16.3. The monoisotopic (exact) mass is 290 g/mol. The number of anilines is 1. The molecule has 1 amide bonds. The van der Waals surface area contributed by atoms with Gasteiger partial charge in [-0.2, -0.15) is 9.38 Å². The zero-order valence-corrected chi connectivity index (χ0v) is 11.4. The molecule has 0 aliphatic carbocycles. The van der Waals surface area contributed by atoms with Crippen molar-refractivity contribution in [2.24, 2.45) is 17.8 Å². The number of hydrogen-bond acceptors (Lipinski definition) is 3. The molecule has 2 aromatic heterocycles. The van der Waals surface area contributed by atoms with Gasteiger partial charge in [0, 0.05) is 43.6 Å². The van der Waals surface area contributed by atoms with Crippen molar-refractivity contribution >= 4 is 17.4 Å². The van der Waals surface area contributed by atoms with Gasteiger partial charge < -0.3 is 11.1 Å². The Morgan fingerprint density at radius 2 is 2.38 bits per heavy atom. The molecule has 0 aliphatic rings. The van der Waals surface area contributed by atoms with Crippen LogP contribution in [0.1, 0.15) is 0 Å². The molecular weight excluding hydrogens is 275 g/mol. The topological polar surface area (TPSA) is 90.2 Å². The second kappa shape index (κ2) is 6.51. The zero-order valence-electron chi connectivity index (χ0n) is 11.4. The van der Waals surface area contributed by atoms with Crippen molar-refractivity contribution in [3.05, 3.63) is 48.9 Å². The van der Waals surface area contributed by atoms with Gasteiger partial charge in [0.15, 0.2) is 0 Å². The lowest BCUT2D eigenvalue weighted by atomic mass is 10.4. The van der Waals surface area contributed by atoms with Crippen LogP contribution >= 0.6 is 0 Å². The molecule has 2 aromatic rings. The predicted octanol–water partition coefficient (Wildman–Crippen LogP) is 0.870. The quantitative estimate of drug-likeness (QED) is 0.486. The number of nitrogens with one attached hydrogen (secondary N) is 1. The van der Waals surface area contributed by atoms with Crippen molar-refractivity contribution in [2.45, 2.75) is 6.54 Å². The molecule has 0 saturated carbocycles. The third kappa shape index (κ3) is 4.30. The number of pyridine rings is 1. The van der Waals surface area contributed by atoms with Crippen molar-refractivity contribution in [2.75, 3.05) is 5.32 Å². The van der Waals surface area contributed by atoms with Crippen LogP contribution in [0.5, 0.6) is 0 Å². The minimum atomic E-state index is -0.586. The fraction of sp³-hybridized carbons (Fsp3) is 0.154. The Labute approximate surface area is 120 Å². The Bertz CT molecular complexity index is 684. The summed E-state index contributed by atoms with van der Waals surface area (Å²) >= 11 is 0. The summed E-state index contributed by atoms with van der Waals surface area (Å²) in [6.07, 6.45) is 7.81. The number of halogens is 1. The Balaban J connectivity index is 1.87. The summed E-state index contributed by atoms with van der Waals surface area (Å²) in [5.41, 5.74) is 6.12. The molecule has 0 fully saturated rings. The largest absolute Gasteiger partial charge is 0.384 e. The highest BCUT2D eigenvalue weighted by atomic mass is 19.1. The number of nitrogens with two attached hydrogens (primary N) is 1. The average molecular weight is 290 g/mol. The van der Waals surface area contributed by atoms with E-state index in [1.807, 2.05) is 13.2 Å². The Hall–Kier alpha value is -2.90. The summed E-state index contributed by atoms with van der Waals surface area (Å²) in [5.74, 6) is -0.880. The van der Waals surface area contributed by atoms with Crippen LogP contribution < -0.4 is 11.1 Å². The summed E-state index contributed by atoms with van der Waals surface area (Å²) in [6.45, 7) is 0.129. The number of aliphatic imine (C=N–C) groups is 1. The smallest absolute Gasteiger partial charge is 0.269 e.